The second-order valence-electron chi connectivity index (χ2n) is 5.81. The molecular formula is C16H18ClF3N2O3. The Morgan fingerprint density at radius 1 is 1.48 bits per heavy atom. The number of hydrogen-bond donors (Lipinski definition) is 1. The van der Waals surface area contributed by atoms with Crippen molar-refractivity contribution in [2.24, 2.45) is 5.10 Å². The molecule has 1 amide bonds. The fourth-order valence-corrected chi connectivity index (χ4v) is 2.56. The molecule has 0 saturated heterocycles. The third kappa shape index (κ3) is 4.07. The highest BCUT2D eigenvalue weighted by atomic mass is 35.5. The Hall–Kier alpha value is -1.80. The van der Waals surface area contributed by atoms with Crippen LogP contribution >= 0.6 is 11.6 Å². The van der Waals surface area contributed by atoms with E-state index < -0.39 is 30.8 Å². The number of carbonyl (C=O) groups is 1. The summed E-state index contributed by atoms with van der Waals surface area (Å²) in [7, 11) is 0. The van der Waals surface area contributed by atoms with Crippen LogP contribution in [-0.2, 0) is 4.79 Å². The smallest absolute Gasteiger partial charge is 0.438 e. The normalized spacial score (nSPS) is 20.6. The van der Waals surface area contributed by atoms with Crippen LogP contribution in [0.25, 0.3) is 0 Å². The molecule has 25 heavy (non-hydrogen) atoms. The van der Waals surface area contributed by atoms with Crippen LogP contribution in [0.3, 0.4) is 0 Å². The molecule has 1 heterocycles. The van der Waals surface area contributed by atoms with Gasteiger partial charge in [0, 0.05) is 17.2 Å². The minimum Gasteiger partial charge on any atom is -0.484 e. The van der Waals surface area contributed by atoms with Gasteiger partial charge in [-0.25, -0.2) is 0 Å². The number of amides is 1. The highest BCUT2D eigenvalue weighted by Crippen LogP contribution is 2.40. The van der Waals surface area contributed by atoms with Crippen molar-refractivity contribution >= 4 is 23.2 Å². The number of carbonyl (C=O) groups excluding carboxylic acids is 1. The summed E-state index contributed by atoms with van der Waals surface area (Å²) in [6.45, 7) is 2.80. The molecule has 5 nitrogen and oxygen atoms in total. The molecule has 0 aliphatic carbocycles. The number of aryl methyl sites for hydroxylation is 1. The van der Waals surface area contributed by atoms with Crippen LogP contribution < -0.4 is 4.74 Å². The molecule has 138 valence electrons. The SMILES string of the molecule is CCCC1=NN(C(=O)COc2ccc(Cl)c(C)c2)[C@@](O)(C(F)(F)F)C1. The van der Waals surface area contributed by atoms with Gasteiger partial charge in [-0.1, -0.05) is 24.9 Å². The van der Waals surface area contributed by atoms with E-state index in [2.05, 4.69) is 5.10 Å². The summed E-state index contributed by atoms with van der Waals surface area (Å²) >= 11 is 5.87. The van der Waals surface area contributed by atoms with E-state index in [4.69, 9.17) is 16.3 Å². The van der Waals surface area contributed by atoms with Crippen LogP contribution in [0.5, 0.6) is 5.75 Å². The van der Waals surface area contributed by atoms with E-state index in [1.54, 1.807) is 26.0 Å². The maximum Gasteiger partial charge on any atom is 0.438 e. The Morgan fingerprint density at radius 3 is 2.72 bits per heavy atom. The summed E-state index contributed by atoms with van der Waals surface area (Å²) in [5.74, 6) is -0.804. The van der Waals surface area contributed by atoms with Gasteiger partial charge in [0.05, 0.1) is 0 Å². The minimum absolute atomic E-state index is 0.0841. The lowest BCUT2D eigenvalue weighted by atomic mass is 10.0. The maximum atomic E-state index is 13.3. The first kappa shape index (κ1) is 19.5. The molecule has 1 aliphatic rings. The van der Waals surface area contributed by atoms with Crippen molar-refractivity contribution < 1.29 is 27.8 Å². The molecule has 0 saturated carbocycles. The van der Waals surface area contributed by atoms with Crippen molar-refractivity contribution in [3.63, 3.8) is 0 Å². The molecular weight excluding hydrogens is 361 g/mol. The zero-order valence-corrected chi connectivity index (χ0v) is 14.5. The molecule has 1 atom stereocenters. The molecule has 1 aromatic carbocycles. The van der Waals surface area contributed by atoms with E-state index >= 15 is 0 Å². The lowest BCUT2D eigenvalue weighted by molar-refractivity contribution is -0.302. The van der Waals surface area contributed by atoms with Gasteiger partial charge >= 0.3 is 6.18 Å². The van der Waals surface area contributed by atoms with E-state index in [-0.39, 0.29) is 22.9 Å². The highest BCUT2D eigenvalue weighted by Gasteiger charge is 2.63. The molecule has 9 heteroatoms. The zero-order chi connectivity index (χ0) is 18.8. The van der Waals surface area contributed by atoms with Gasteiger partial charge in [0.2, 0.25) is 0 Å². The molecule has 0 aromatic heterocycles. The van der Waals surface area contributed by atoms with Crippen molar-refractivity contribution in [3.8, 4) is 5.75 Å². The number of hydrogen-bond acceptors (Lipinski definition) is 4. The number of hydrazone groups is 1. The number of alkyl halides is 3. The van der Waals surface area contributed by atoms with Crippen LogP contribution in [0, 0.1) is 6.92 Å². The van der Waals surface area contributed by atoms with E-state index in [1.165, 1.54) is 6.07 Å². The predicted octanol–water partition coefficient (Wildman–Crippen LogP) is 3.67. The standard InChI is InChI=1S/C16H18ClF3N2O3/c1-3-4-11-8-15(24,16(18,19)20)22(21-11)14(23)9-25-12-5-6-13(17)10(2)7-12/h5-7,24H,3-4,8-9H2,1-2H3/t15-/m0/s1. The fraction of sp³-hybridized carbons (Fsp3) is 0.500. The second-order valence-corrected chi connectivity index (χ2v) is 6.22. The van der Waals surface area contributed by atoms with Crippen LogP contribution in [0.4, 0.5) is 13.2 Å². The average Bonchev–Trinajstić information content (AvgIpc) is 2.86. The monoisotopic (exact) mass is 378 g/mol. The van der Waals surface area contributed by atoms with Crippen molar-refractivity contribution in [1.29, 1.82) is 0 Å². The van der Waals surface area contributed by atoms with Gasteiger partial charge in [0.25, 0.3) is 11.6 Å². The first-order valence-corrected chi connectivity index (χ1v) is 8.03. The lowest BCUT2D eigenvalue weighted by Gasteiger charge is -2.32. The fourth-order valence-electron chi connectivity index (χ4n) is 2.44. The highest BCUT2D eigenvalue weighted by molar-refractivity contribution is 6.31. The first-order valence-electron chi connectivity index (χ1n) is 7.66. The average molecular weight is 379 g/mol. The summed E-state index contributed by atoms with van der Waals surface area (Å²) < 4.78 is 45.0. The second kappa shape index (κ2) is 7.21. The van der Waals surface area contributed by atoms with Gasteiger partial charge < -0.3 is 9.84 Å². The van der Waals surface area contributed by atoms with Crippen molar-refractivity contribution in [2.45, 2.75) is 45.0 Å². The van der Waals surface area contributed by atoms with Crippen molar-refractivity contribution in [2.75, 3.05) is 6.61 Å². The van der Waals surface area contributed by atoms with Crippen LogP contribution in [0.15, 0.2) is 23.3 Å². The lowest BCUT2D eigenvalue weighted by Crippen LogP contribution is -2.57. The van der Waals surface area contributed by atoms with E-state index in [0.29, 0.717) is 17.0 Å². The Labute approximate surface area is 148 Å². The summed E-state index contributed by atoms with van der Waals surface area (Å²) in [5, 5.41) is 14.3. The molecule has 0 bridgehead atoms. The number of rotatable bonds is 5. The molecule has 1 N–H and O–H groups in total. The van der Waals surface area contributed by atoms with Gasteiger partial charge in [0.1, 0.15) is 5.75 Å². The van der Waals surface area contributed by atoms with Crippen LogP contribution in [0.2, 0.25) is 5.02 Å². The zero-order valence-electron chi connectivity index (χ0n) is 13.7. The molecule has 0 unspecified atom stereocenters. The number of halogens is 4. The number of aliphatic hydroxyl groups is 1. The third-order valence-electron chi connectivity index (χ3n) is 3.76. The van der Waals surface area contributed by atoms with Crippen LogP contribution in [-0.4, -0.2) is 40.2 Å². The molecule has 1 aromatic rings. The Morgan fingerprint density at radius 2 is 2.16 bits per heavy atom. The topological polar surface area (TPSA) is 62.1 Å². The minimum atomic E-state index is -5.03. The van der Waals surface area contributed by atoms with Gasteiger partial charge in [-0.3, -0.25) is 4.79 Å². The summed E-state index contributed by atoms with van der Waals surface area (Å²) in [4.78, 5) is 12.2. The summed E-state index contributed by atoms with van der Waals surface area (Å²) in [6, 6.07) is 4.60. The van der Waals surface area contributed by atoms with E-state index in [0.717, 1.165) is 0 Å². The molecule has 0 fully saturated rings. The number of nitrogens with zero attached hydrogens (tertiary/aromatic N) is 2. The first-order chi connectivity index (χ1) is 11.6. The van der Waals surface area contributed by atoms with Gasteiger partial charge in [-0.15, -0.1) is 0 Å². The molecule has 0 radical (unpaired) electrons. The number of benzene rings is 1. The third-order valence-corrected chi connectivity index (χ3v) is 4.19. The van der Waals surface area contributed by atoms with Gasteiger partial charge in [0.15, 0.2) is 6.61 Å². The van der Waals surface area contributed by atoms with Gasteiger partial charge in [-0.2, -0.15) is 23.3 Å². The molecule has 0 spiro atoms. The van der Waals surface area contributed by atoms with E-state index in [1.807, 2.05) is 0 Å². The van der Waals surface area contributed by atoms with Gasteiger partial charge in [-0.05, 0) is 37.1 Å². The summed E-state index contributed by atoms with van der Waals surface area (Å²) in [5.41, 5.74) is -2.52. The van der Waals surface area contributed by atoms with Crippen molar-refractivity contribution in [3.05, 3.63) is 28.8 Å². The molecule has 2 rings (SSSR count). The predicted molar refractivity (Wildman–Crippen MR) is 86.5 cm³/mol. The Bertz CT molecular complexity index is 694. The Kier molecular flexibility index (Phi) is 5.63. The van der Waals surface area contributed by atoms with E-state index in [9.17, 15) is 23.1 Å². The molecule has 1 aliphatic heterocycles. The maximum absolute atomic E-state index is 13.3. The Balaban J connectivity index is 2.15. The quantitative estimate of drug-likeness (QED) is 0.850. The van der Waals surface area contributed by atoms with Crippen molar-refractivity contribution in [1.82, 2.24) is 5.01 Å². The summed E-state index contributed by atoms with van der Waals surface area (Å²) in [6.07, 6.45) is -4.97. The largest absolute Gasteiger partial charge is 0.484 e. The van der Waals surface area contributed by atoms with Crippen LogP contribution in [0.1, 0.15) is 31.7 Å². The number of ether oxygens (including phenoxy) is 1.